The lowest BCUT2D eigenvalue weighted by Gasteiger charge is -2.12. The second-order valence-electron chi connectivity index (χ2n) is 5.32. The smallest absolute Gasteiger partial charge is 0.122 e. The first-order valence-electron chi connectivity index (χ1n) is 7.22. The number of benzene rings is 1. The van der Waals surface area contributed by atoms with Gasteiger partial charge < -0.3 is 9.84 Å². The van der Waals surface area contributed by atoms with Gasteiger partial charge in [-0.15, -0.1) is 0 Å². The molecule has 0 amide bonds. The molecule has 0 unspecified atom stereocenters. The van der Waals surface area contributed by atoms with Gasteiger partial charge in [-0.25, -0.2) is 0 Å². The highest BCUT2D eigenvalue weighted by Gasteiger charge is 2.08. The summed E-state index contributed by atoms with van der Waals surface area (Å²) in [5.74, 6) is 1.37. The molecule has 0 saturated heterocycles. The van der Waals surface area contributed by atoms with E-state index in [1.54, 1.807) is 0 Å². The Hall–Kier alpha value is -1.18. The van der Waals surface area contributed by atoms with E-state index in [0.717, 1.165) is 42.7 Å². The highest BCUT2D eigenvalue weighted by molar-refractivity contribution is 5.45. The minimum absolute atomic E-state index is 0.426. The molecule has 2 nitrogen and oxygen atoms in total. The fraction of sp³-hybridized carbons (Fsp3) is 0.625. The first kappa shape index (κ1) is 13.3. The van der Waals surface area contributed by atoms with E-state index < -0.39 is 0 Å². The second-order valence-corrected chi connectivity index (χ2v) is 5.32. The van der Waals surface area contributed by atoms with Crippen LogP contribution in [0.5, 0.6) is 11.5 Å². The molecule has 100 valence electrons. The normalized spacial score (nSPS) is 18.1. The van der Waals surface area contributed by atoms with Crippen LogP contribution in [0, 0.1) is 6.92 Å². The lowest BCUT2D eigenvalue weighted by atomic mass is 10.0. The molecule has 0 aliphatic carbocycles. The van der Waals surface area contributed by atoms with E-state index in [4.69, 9.17) is 4.74 Å². The highest BCUT2D eigenvalue weighted by Crippen LogP contribution is 2.29. The van der Waals surface area contributed by atoms with Crippen LogP contribution in [0.1, 0.15) is 56.1 Å². The van der Waals surface area contributed by atoms with Crippen molar-refractivity contribution in [1.29, 1.82) is 0 Å². The molecular weight excluding hydrogens is 224 g/mol. The van der Waals surface area contributed by atoms with Crippen LogP contribution < -0.4 is 4.74 Å². The molecule has 1 aliphatic rings. The average molecular weight is 248 g/mol. The van der Waals surface area contributed by atoms with Gasteiger partial charge in [0.1, 0.15) is 11.5 Å². The summed E-state index contributed by atoms with van der Waals surface area (Å²) in [6.45, 7) is 2.79. The molecule has 1 aliphatic heterocycles. The molecule has 1 N–H and O–H groups in total. The first-order chi connectivity index (χ1) is 8.77. The predicted molar refractivity (Wildman–Crippen MR) is 74.4 cm³/mol. The molecule has 1 aromatic rings. The Morgan fingerprint density at radius 2 is 1.61 bits per heavy atom. The third-order valence-electron chi connectivity index (χ3n) is 3.72. The molecular formula is C16H24O2. The largest absolute Gasteiger partial charge is 0.508 e. The summed E-state index contributed by atoms with van der Waals surface area (Å²) < 4.78 is 5.83. The predicted octanol–water partition coefficient (Wildman–Crippen LogP) is 4.37. The molecule has 18 heavy (non-hydrogen) atoms. The lowest BCUT2D eigenvalue weighted by molar-refractivity contribution is 0.302. The molecule has 2 rings (SSSR count). The van der Waals surface area contributed by atoms with Crippen LogP contribution in [-0.4, -0.2) is 11.7 Å². The fourth-order valence-corrected chi connectivity index (χ4v) is 2.55. The zero-order valence-electron chi connectivity index (χ0n) is 11.4. The van der Waals surface area contributed by atoms with Crippen LogP contribution in [0.25, 0.3) is 0 Å². The Morgan fingerprint density at radius 3 is 2.39 bits per heavy atom. The number of ether oxygens (including phenoxy) is 1. The van der Waals surface area contributed by atoms with E-state index in [2.05, 4.69) is 0 Å². The maximum Gasteiger partial charge on any atom is 0.122 e. The maximum atomic E-state index is 9.95. The van der Waals surface area contributed by atoms with E-state index in [1.165, 1.54) is 32.1 Å². The van der Waals surface area contributed by atoms with E-state index in [1.807, 2.05) is 19.1 Å². The summed E-state index contributed by atoms with van der Waals surface area (Å²) in [5, 5.41) is 9.95. The van der Waals surface area contributed by atoms with Crippen LogP contribution in [0.15, 0.2) is 12.1 Å². The topological polar surface area (TPSA) is 29.5 Å². The monoisotopic (exact) mass is 248 g/mol. The van der Waals surface area contributed by atoms with Gasteiger partial charge >= 0.3 is 0 Å². The van der Waals surface area contributed by atoms with Crippen molar-refractivity contribution in [2.45, 2.75) is 58.3 Å². The van der Waals surface area contributed by atoms with E-state index in [-0.39, 0.29) is 0 Å². The van der Waals surface area contributed by atoms with Crippen LogP contribution in [0.4, 0.5) is 0 Å². The molecule has 0 radical (unpaired) electrons. The van der Waals surface area contributed by atoms with E-state index in [9.17, 15) is 5.11 Å². The van der Waals surface area contributed by atoms with Crippen molar-refractivity contribution in [1.82, 2.24) is 0 Å². The SMILES string of the molecule is Cc1cc(O)c2cc1OCCCCCCCCC2. The number of aromatic hydroxyl groups is 1. The number of hydrogen-bond acceptors (Lipinski definition) is 2. The van der Waals surface area contributed by atoms with Gasteiger partial charge in [0.15, 0.2) is 0 Å². The quantitative estimate of drug-likeness (QED) is 0.739. The summed E-state index contributed by atoms with van der Waals surface area (Å²) in [6.07, 6.45) is 9.77. The third kappa shape index (κ3) is 3.66. The number of phenolic OH excluding ortho intramolecular Hbond substituents is 1. The van der Waals surface area contributed by atoms with Crippen LogP contribution in [-0.2, 0) is 6.42 Å². The molecule has 0 fully saturated rings. The molecule has 1 aromatic carbocycles. The van der Waals surface area contributed by atoms with Gasteiger partial charge in [-0.05, 0) is 49.4 Å². The van der Waals surface area contributed by atoms with E-state index in [0.29, 0.717) is 5.75 Å². The fourth-order valence-electron chi connectivity index (χ4n) is 2.55. The molecule has 2 bridgehead atoms. The van der Waals surface area contributed by atoms with Gasteiger partial charge in [-0.2, -0.15) is 0 Å². The summed E-state index contributed by atoms with van der Waals surface area (Å²) in [7, 11) is 0. The lowest BCUT2D eigenvalue weighted by Crippen LogP contribution is -2.00. The highest BCUT2D eigenvalue weighted by atomic mass is 16.5. The number of fused-ring (bicyclic) bond motifs is 2. The van der Waals surface area contributed by atoms with Crippen molar-refractivity contribution < 1.29 is 9.84 Å². The van der Waals surface area contributed by atoms with Crippen molar-refractivity contribution in [3.05, 3.63) is 23.3 Å². The Kier molecular flexibility index (Phi) is 4.91. The van der Waals surface area contributed by atoms with Gasteiger partial charge in [0.05, 0.1) is 6.61 Å². The van der Waals surface area contributed by atoms with Crippen molar-refractivity contribution >= 4 is 0 Å². The number of rotatable bonds is 0. The average Bonchev–Trinajstić information content (AvgIpc) is 2.36. The van der Waals surface area contributed by atoms with Gasteiger partial charge in [-0.1, -0.05) is 32.1 Å². The van der Waals surface area contributed by atoms with Gasteiger partial charge in [0.25, 0.3) is 0 Å². The minimum Gasteiger partial charge on any atom is -0.508 e. The number of phenols is 1. The van der Waals surface area contributed by atoms with Gasteiger partial charge in [0, 0.05) is 0 Å². The van der Waals surface area contributed by atoms with E-state index >= 15 is 0 Å². The minimum atomic E-state index is 0.426. The zero-order chi connectivity index (χ0) is 12.8. The van der Waals surface area contributed by atoms with Crippen molar-refractivity contribution in [2.24, 2.45) is 0 Å². The van der Waals surface area contributed by atoms with Gasteiger partial charge in [0.2, 0.25) is 0 Å². The maximum absolute atomic E-state index is 9.95. The van der Waals surface area contributed by atoms with Crippen molar-refractivity contribution in [2.75, 3.05) is 6.61 Å². The molecule has 0 aromatic heterocycles. The summed E-state index contributed by atoms with van der Waals surface area (Å²) >= 11 is 0. The summed E-state index contributed by atoms with van der Waals surface area (Å²) in [6, 6.07) is 3.87. The number of hydrogen-bond donors (Lipinski definition) is 1. The van der Waals surface area contributed by atoms with Crippen molar-refractivity contribution in [3.63, 3.8) is 0 Å². The zero-order valence-corrected chi connectivity index (χ0v) is 11.4. The van der Waals surface area contributed by atoms with Crippen molar-refractivity contribution in [3.8, 4) is 11.5 Å². The second kappa shape index (κ2) is 6.67. The Labute approximate surface area is 110 Å². The molecule has 0 saturated carbocycles. The molecule has 0 atom stereocenters. The van der Waals surface area contributed by atoms with Crippen LogP contribution >= 0.6 is 0 Å². The summed E-state index contributed by atoms with van der Waals surface area (Å²) in [4.78, 5) is 0. The molecule has 0 spiro atoms. The Bertz CT molecular complexity index is 352. The summed E-state index contributed by atoms with van der Waals surface area (Å²) in [5.41, 5.74) is 2.07. The Balaban J connectivity index is 2.12. The number of aryl methyl sites for hydroxylation is 2. The van der Waals surface area contributed by atoms with Crippen LogP contribution in [0.3, 0.4) is 0 Å². The third-order valence-corrected chi connectivity index (χ3v) is 3.72. The first-order valence-corrected chi connectivity index (χ1v) is 7.22. The van der Waals surface area contributed by atoms with Gasteiger partial charge in [-0.3, -0.25) is 0 Å². The standard InChI is InChI=1S/C16H24O2/c1-13-11-15(17)14-9-7-5-3-2-4-6-8-10-18-16(13)12-14/h11-12,17H,2-10H2,1H3. The molecule has 1 heterocycles. The molecule has 2 heteroatoms. The van der Waals surface area contributed by atoms with Crippen LogP contribution in [0.2, 0.25) is 0 Å². The Morgan fingerprint density at radius 1 is 0.944 bits per heavy atom.